The van der Waals surface area contributed by atoms with E-state index in [4.69, 9.17) is 26.8 Å². The third-order valence-electron chi connectivity index (χ3n) is 5.00. The summed E-state index contributed by atoms with van der Waals surface area (Å²) in [6, 6.07) is 5.61. The van der Waals surface area contributed by atoms with Crippen LogP contribution in [-0.2, 0) is 22.7 Å². The number of carboxylic acid groups (broad SMARTS) is 1. The zero-order valence-electron chi connectivity index (χ0n) is 18.4. The highest BCUT2D eigenvalue weighted by molar-refractivity contribution is 7.13. The van der Waals surface area contributed by atoms with Crippen molar-refractivity contribution in [1.29, 1.82) is 0 Å². The van der Waals surface area contributed by atoms with Crippen molar-refractivity contribution in [3.05, 3.63) is 40.4 Å². The van der Waals surface area contributed by atoms with Gasteiger partial charge in [-0.15, -0.1) is 11.3 Å². The first-order valence-electron chi connectivity index (χ1n) is 10.5. The van der Waals surface area contributed by atoms with Crippen LogP contribution in [0.3, 0.4) is 0 Å². The Morgan fingerprint density at radius 2 is 2.12 bits per heavy atom. The maximum atomic E-state index is 11.6. The van der Waals surface area contributed by atoms with E-state index in [9.17, 15) is 9.90 Å². The molecule has 2 heterocycles. The smallest absolute Gasteiger partial charge is 0.351 e. The number of nitrogens with two attached hydrogens (primary N) is 3. The summed E-state index contributed by atoms with van der Waals surface area (Å²) in [6.45, 7) is 4.02. The van der Waals surface area contributed by atoms with Gasteiger partial charge < -0.3 is 36.8 Å². The van der Waals surface area contributed by atoms with E-state index < -0.39 is 12.1 Å². The van der Waals surface area contributed by atoms with Crippen LogP contribution in [0.2, 0.25) is 0 Å². The normalized spacial score (nSPS) is 14.8. The van der Waals surface area contributed by atoms with Crippen LogP contribution in [0, 0.1) is 0 Å². The maximum absolute atomic E-state index is 11.6. The highest BCUT2D eigenvalue weighted by Gasteiger charge is 2.23. The molecule has 178 valence electrons. The van der Waals surface area contributed by atoms with E-state index in [2.05, 4.69) is 15.1 Å². The van der Waals surface area contributed by atoms with Gasteiger partial charge in [0, 0.05) is 25.0 Å². The number of anilines is 1. The van der Waals surface area contributed by atoms with Crippen molar-refractivity contribution in [3.8, 4) is 5.75 Å². The number of carbonyl (C=O) groups is 1. The molecule has 0 amide bonds. The Morgan fingerprint density at radius 1 is 1.33 bits per heavy atom. The van der Waals surface area contributed by atoms with Crippen molar-refractivity contribution in [2.75, 3.05) is 25.4 Å². The molecule has 1 aliphatic heterocycles. The summed E-state index contributed by atoms with van der Waals surface area (Å²) in [6.07, 6.45) is 0.546. The summed E-state index contributed by atoms with van der Waals surface area (Å²) >= 11 is 1.26. The Labute approximate surface area is 195 Å². The molecular weight excluding hydrogens is 446 g/mol. The van der Waals surface area contributed by atoms with Gasteiger partial charge in [0.15, 0.2) is 11.1 Å². The summed E-state index contributed by atoms with van der Waals surface area (Å²) in [5.41, 5.74) is 20.4. The lowest BCUT2D eigenvalue weighted by atomic mass is 10.1. The fourth-order valence-electron chi connectivity index (χ4n) is 3.13. The molecule has 0 spiro atoms. The largest absolute Gasteiger partial charge is 0.489 e. The Bertz CT molecular complexity index is 1020. The van der Waals surface area contributed by atoms with Crippen molar-refractivity contribution in [1.82, 2.24) is 9.88 Å². The molecule has 33 heavy (non-hydrogen) atoms. The van der Waals surface area contributed by atoms with E-state index in [1.807, 2.05) is 17.0 Å². The van der Waals surface area contributed by atoms with E-state index in [0.717, 1.165) is 24.0 Å². The molecular formula is C21H29N7O4S. The SMILES string of the molecule is C/C(=N\OC(COc1ccc2c(c1)CN(C(N)=NCCCCN)C2)C(=O)O)c1csc(N)n1. The third kappa shape index (κ3) is 6.80. The number of carboxylic acids is 1. The predicted octanol–water partition coefficient (Wildman–Crippen LogP) is 1.37. The van der Waals surface area contributed by atoms with Crippen molar-refractivity contribution < 1.29 is 19.5 Å². The molecule has 1 unspecified atom stereocenters. The van der Waals surface area contributed by atoms with Crippen molar-refractivity contribution in [2.45, 2.75) is 39.0 Å². The molecule has 11 nitrogen and oxygen atoms in total. The summed E-state index contributed by atoms with van der Waals surface area (Å²) in [4.78, 5) is 27.2. The molecule has 0 radical (unpaired) electrons. The molecule has 1 atom stereocenters. The van der Waals surface area contributed by atoms with Crippen LogP contribution in [0.4, 0.5) is 5.13 Å². The van der Waals surface area contributed by atoms with Crippen LogP contribution < -0.4 is 21.9 Å². The second-order valence-corrected chi connectivity index (χ2v) is 8.40. The van der Waals surface area contributed by atoms with Gasteiger partial charge in [-0.1, -0.05) is 11.2 Å². The minimum Gasteiger partial charge on any atom is -0.489 e. The second-order valence-electron chi connectivity index (χ2n) is 7.51. The summed E-state index contributed by atoms with van der Waals surface area (Å²) in [7, 11) is 0. The number of fused-ring (bicyclic) bond motifs is 1. The molecule has 1 aromatic heterocycles. The van der Waals surface area contributed by atoms with E-state index in [-0.39, 0.29) is 6.61 Å². The predicted molar refractivity (Wildman–Crippen MR) is 127 cm³/mol. The topological polar surface area (TPSA) is 175 Å². The van der Waals surface area contributed by atoms with E-state index in [1.54, 1.807) is 18.4 Å². The van der Waals surface area contributed by atoms with Gasteiger partial charge in [-0.3, -0.25) is 4.99 Å². The van der Waals surface area contributed by atoms with E-state index >= 15 is 0 Å². The van der Waals surface area contributed by atoms with E-state index in [0.29, 0.717) is 54.4 Å². The number of aliphatic carboxylic acids is 1. The van der Waals surface area contributed by atoms with Gasteiger partial charge in [0.25, 0.3) is 6.10 Å². The first-order valence-corrected chi connectivity index (χ1v) is 11.4. The number of oxime groups is 1. The van der Waals surface area contributed by atoms with Crippen molar-refractivity contribution in [3.63, 3.8) is 0 Å². The van der Waals surface area contributed by atoms with Crippen LogP contribution in [-0.4, -0.2) is 58.4 Å². The zero-order valence-corrected chi connectivity index (χ0v) is 19.3. The average molecular weight is 476 g/mol. The Kier molecular flexibility index (Phi) is 8.44. The van der Waals surface area contributed by atoms with Gasteiger partial charge in [-0.05, 0) is 49.6 Å². The number of thiazole rings is 1. The van der Waals surface area contributed by atoms with Gasteiger partial charge >= 0.3 is 5.97 Å². The molecule has 12 heteroatoms. The van der Waals surface area contributed by atoms with Crippen LogP contribution in [0.15, 0.2) is 33.7 Å². The highest BCUT2D eigenvalue weighted by Crippen LogP contribution is 2.27. The fourth-order valence-corrected chi connectivity index (χ4v) is 3.74. The Morgan fingerprint density at radius 3 is 2.82 bits per heavy atom. The number of hydrogen-bond acceptors (Lipinski definition) is 9. The molecule has 1 aromatic carbocycles. The number of rotatable bonds is 11. The number of benzene rings is 1. The monoisotopic (exact) mass is 475 g/mol. The average Bonchev–Trinajstić information content (AvgIpc) is 3.42. The first kappa shape index (κ1) is 24.3. The maximum Gasteiger partial charge on any atom is 0.351 e. The van der Waals surface area contributed by atoms with Crippen LogP contribution in [0.25, 0.3) is 0 Å². The molecule has 0 aliphatic carbocycles. The molecule has 0 saturated heterocycles. The fraction of sp³-hybridized carbons (Fsp3) is 0.429. The Hall–Kier alpha value is -3.38. The lowest BCUT2D eigenvalue weighted by Gasteiger charge is -2.16. The quantitative estimate of drug-likeness (QED) is 0.162. The minimum atomic E-state index is -1.28. The number of ether oxygens (including phenoxy) is 1. The van der Waals surface area contributed by atoms with Gasteiger partial charge in [0.2, 0.25) is 0 Å². The van der Waals surface area contributed by atoms with Gasteiger partial charge in [0.05, 0.1) is 0 Å². The number of hydrogen-bond donors (Lipinski definition) is 4. The molecule has 7 N–H and O–H groups in total. The molecule has 0 saturated carbocycles. The van der Waals surface area contributed by atoms with Gasteiger partial charge in [-0.2, -0.15) is 0 Å². The molecule has 2 aromatic rings. The summed E-state index contributed by atoms with van der Waals surface area (Å²) in [5.74, 6) is -0.146. The van der Waals surface area contributed by atoms with Gasteiger partial charge in [-0.25, -0.2) is 9.78 Å². The molecule has 1 aliphatic rings. The first-order chi connectivity index (χ1) is 15.9. The zero-order chi connectivity index (χ0) is 23.8. The number of nitrogens with zero attached hydrogens (tertiary/aromatic N) is 4. The second kappa shape index (κ2) is 11.5. The van der Waals surface area contributed by atoms with Crippen LogP contribution in [0.1, 0.15) is 36.6 Å². The van der Waals surface area contributed by atoms with Crippen molar-refractivity contribution >= 4 is 34.1 Å². The Balaban J connectivity index is 1.56. The van der Waals surface area contributed by atoms with Crippen LogP contribution >= 0.6 is 11.3 Å². The number of unbranched alkanes of at least 4 members (excludes halogenated alkanes) is 1. The standard InChI is InChI=1S/C21H29N7O4S/c1-13(17-12-33-21(24)26-17)27-32-18(19(29)30)11-31-16-5-4-14-9-28(10-15(14)8-16)20(23)25-7-3-2-6-22/h4-5,8,12,18H,2-3,6-7,9-11,22H2,1H3,(H2,23,25)(H2,24,26)(H,29,30)/b27-13+. The van der Waals surface area contributed by atoms with E-state index in [1.165, 1.54) is 11.3 Å². The van der Waals surface area contributed by atoms with Crippen LogP contribution in [0.5, 0.6) is 5.75 Å². The summed E-state index contributed by atoms with van der Waals surface area (Å²) in [5, 5.41) is 15.4. The molecule has 3 rings (SSSR count). The molecule has 0 fully saturated rings. The highest BCUT2D eigenvalue weighted by atomic mass is 32.1. The number of aromatic nitrogens is 1. The number of guanidine groups is 1. The molecule has 0 bridgehead atoms. The number of aliphatic imine (C=N–C) groups is 1. The third-order valence-corrected chi connectivity index (χ3v) is 5.67. The summed E-state index contributed by atoms with van der Waals surface area (Å²) < 4.78 is 5.68. The lowest BCUT2D eigenvalue weighted by molar-refractivity contribution is -0.152. The minimum absolute atomic E-state index is 0.210. The number of nitrogen functional groups attached to an aromatic ring is 1. The van der Waals surface area contributed by atoms with Gasteiger partial charge in [0.1, 0.15) is 23.8 Å². The van der Waals surface area contributed by atoms with Crippen molar-refractivity contribution in [2.24, 2.45) is 21.6 Å². The lowest BCUT2D eigenvalue weighted by Crippen LogP contribution is -2.33.